The Morgan fingerprint density at radius 2 is 2.10 bits per heavy atom. The molecule has 0 spiro atoms. The van der Waals surface area contributed by atoms with Gasteiger partial charge in [0.05, 0.1) is 19.9 Å². The summed E-state index contributed by atoms with van der Waals surface area (Å²) in [4.78, 5) is 15.0. The number of nitrogens with zero attached hydrogens (tertiary/aromatic N) is 1. The van der Waals surface area contributed by atoms with Crippen molar-refractivity contribution in [1.82, 2.24) is 9.55 Å². The van der Waals surface area contributed by atoms with Gasteiger partial charge < -0.3 is 14.5 Å². The standard InChI is InChI=1S/C15H18N2O3/c1-4-11-14-13-9(5-6-17(14)15(18)16-11)7-10(19-2)8-12(13)20-3/h7-8H,4-6H2,1-3H3,(H,16,18). The van der Waals surface area contributed by atoms with Crippen LogP contribution < -0.4 is 15.2 Å². The molecule has 0 unspecified atom stereocenters. The van der Waals surface area contributed by atoms with E-state index >= 15 is 0 Å². The van der Waals surface area contributed by atoms with Crippen molar-refractivity contribution >= 4 is 0 Å². The van der Waals surface area contributed by atoms with Crippen molar-refractivity contribution in [2.45, 2.75) is 26.3 Å². The van der Waals surface area contributed by atoms with Gasteiger partial charge in [-0.05, 0) is 24.5 Å². The van der Waals surface area contributed by atoms with Crippen molar-refractivity contribution in [2.75, 3.05) is 14.2 Å². The Hall–Kier alpha value is -2.17. The summed E-state index contributed by atoms with van der Waals surface area (Å²) in [6.45, 7) is 2.73. The third-order valence-corrected chi connectivity index (χ3v) is 3.87. The number of aryl methyl sites for hydroxylation is 2. The molecule has 1 aliphatic heterocycles. The topological polar surface area (TPSA) is 56.2 Å². The lowest BCUT2D eigenvalue weighted by Gasteiger charge is -2.22. The van der Waals surface area contributed by atoms with Crippen LogP contribution in [-0.2, 0) is 19.4 Å². The smallest absolute Gasteiger partial charge is 0.326 e. The second-order valence-electron chi connectivity index (χ2n) is 4.88. The first kappa shape index (κ1) is 12.8. The molecule has 1 aromatic carbocycles. The summed E-state index contributed by atoms with van der Waals surface area (Å²) in [5.41, 5.74) is 4.04. The number of methoxy groups -OCH3 is 2. The fourth-order valence-corrected chi connectivity index (χ4v) is 2.90. The highest BCUT2D eigenvalue weighted by Gasteiger charge is 2.26. The van der Waals surface area contributed by atoms with Crippen LogP contribution in [0.1, 0.15) is 18.2 Å². The maximum atomic E-state index is 12.0. The van der Waals surface area contributed by atoms with Gasteiger partial charge in [-0.15, -0.1) is 0 Å². The minimum Gasteiger partial charge on any atom is -0.497 e. The second-order valence-corrected chi connectivity index (χ2v) is 4.88. The van der Waals surface area contributed by atoms with Gasteiger partial charge in [-0.3, -0.25) is 4.57 Å². The molecule has 1 aromatic heterocycles. The number of rotatable bonds is 3. The summed E-state index contributed by atoms with van der Waals surface area (Å²) in [5, 5.41) is 0. The first-order valence-electron chi connectivity index (χ1n) is 6.76. The maximum absolute atomic E-state index is 12.0. The molecule has 106 valence electrons. The molecule has 1 N–H and O–H groups in total. The largest absolute Gasteiger partial charge is 0.497 e. The van der Waals surface area contributed by atoms with E-state index in [9.17, 15) is 4.79 Å². The number of ether oxygens (including phenoxy) is 2. The van der Waals surface area contributed by atoms with E-state index in [1.165, 1.54) is 0 Å². The quantitative estimate of drug-likeness (QED) is 0.931. The minimum atomic E-state index is -0.0413. The van der Waals surface area contributed by atoms with Crippen molar-refractivity contribution in [3.8, 4) is 22.8 Å². The van der Waals surface area contributed by atoms with Crippen molar-refractivity contribution in [2.24, 2.45) is 0 Å². The number of H-pyrrole nitrogens is 1. The van der Waals surface area contributed by atoms with Gasteiger partial charge in [0, 0.05) is 23.9 Å². The van der Waals surface area contributed by atoms with Crippen LogP contribution in [0.4, 0.5) is 0 Å². The zero-order chi connectivity index (χ0) is 14.3. The molecule has 2 heterocycles. The van der Waals surface area contributed by atoms with Crippen LogP contribution >= 0.6 is 0 Å². The number of aromatic amines is 1. The van der Waals surface area contributed by atoms with Gasteiger partial charge in [0.1, 0.15) is 11.5 Å². The maximum Gasteiger partial charge on any atom is 0.326 e. The summed E-state index contributed by atoms with van der Waals surface area (Å²) in [6, 6.07) is 3.89. The van der Waals surface area contributed by atoms with Crippen LogP contribution in [0, 0.1) is 0 Å². The molecule has 0 atom stereocenters. The Labute approximate surface area is 117 Å². The first-order chi connectivity index (χ1) is 9.69. The van der Waals surface area contributed by atoms with Crippen LogP contribution in [0.25, 0.3) is 11.3 Å². The summed E-state index contributed by atoms with van der Waals surface area (Å²) in [5.74, 6) is 1.53. The second kappa shape index (κ2) is 4.74. The summed E-state index contributed by atoms with van der Waals surface area (Å²) in [6.07, 6.45) is 1.59. The van der Waals surface area contributed by atoms with Crippen LogP contribution in [0.15, 0.2) is 16.9 Å². The highest BCUT2D eigenvalue weighted by molar-refractivity contribution is 5.76. The lowest BCUT2D eigenvalue weighted by atomic mass is 9.95. The average molecular weight is 274 g/mol. The number of hydrogen-bond acceptors (Lipinski definition) is 3. The normalized spacial score (nSPS) is 12.8. The predicted molar refractivity (Wildman–Crippen MR) is 76.7 cm³/mol. The van der Waals surface area contributed by atoms with Crippen molar-refractivity contribution in [1.29, 1.82) is 0 Å². The molecule has 2 aromatic rings. The molecule has 5 nitrogen and oxygen atoms in total. The Morgan fingerprint density at radius 3 is 2.75 bits per heavy atom. The fourth-order valence-electron chi connectivity index (χ4n) is 2.90. The van der Waals surface area contributed by atoms with Gasteiger partial charge >= 0.3 is 5.69 Å². The molecular formula is C15H18N2O3. The number of aromatic nitrogens is 2. The zero-order valence-electron chi connectivity index (χ0n) is 11.9. The van der Waals surface area contributed by atoms with E-state index in [0.717, 1.165) is 46.9 Å². The van der Waals surface area contributed by atoms with Gasteiger partial charge in [-0.2, -0.15) is 0 Å². The Balaban J connectivity index is 2.33. The van der Waals surface area contributed by atoms with Crippen LogP contribution in [0.3, 0.4) is 0 Å². The number of fused-ring (bicyclic) bond motifs is 3. The van der Waals surface area contributed by atoms with Gasteiger partial charge in [-0.1, -0.05) is 6.92 Å². The molecule has 1 aliphatic rings. The third kappa shape index (κ3) is 1.73. The summed E-state index contributed by atoms with van der Waals surface area (Å²) >= 11 is 0. The fraction of sp³-hybridized carbons (Fsp3) is 0.400. The molecule has 0 amide bonds. The Kier molecular flexibility index (Phi) is 3.04. The number of benzene rings is 1. The Bertz CT molecular complexity index is 695. The van der Waals surface area contributed by atoms with E-state index < -0.39 is 0 Å². The molecule has 5 heteroatoms. The first-order valence-corrected chi connectivity index (χ1v) is 6.76. The molecular weight excluding hydrogens is 256 g/mol. The lowest BCUT2D eigenvalue weighted by Crippen LogP contribution is -2.22. The van der Waals surface area contributed by atoms with Gasteiger partial charge in [0.25, 0.3) is 0 Å². The average Bonchev–Trinajstić information content (AvgIpc) is 2.82. The lowest BCUT2D eigenvalue weighted by molar-refractivity contribution is 0.393. The molecule has 0 aliphatic carbocycles. The van der Waals surface area contributed by atoms with Gasteiger partial charge in [0.2, 0.25) is 0 Å². The van der Waals surface area contributed by atoms with E-state index in [2.05, 4.69) is 4.98 Å². The van der Waals surface area contributed by atoms with Crippen molar-refractivity contribution in [3.05, 3.63) is 33.9 Å². The third-order valence-electron chi connectivity index (χ3n) is 3.87. The molecule has 0 radical (unpaired) electrons. The highest BCUT2D eigenvalue weighted by atomic mass is 16.5. The van der Waals surface area contributed by atoms with E-state index in [4.69, 9.17) is 9.47 Å². The van der Waals surface area contributed by atoms with Crippen LogP contribution in [-0.4, -0.2) is 23.8 Å². The molecule has 0 saturated carbocycles. The highest BCUT2D eigenvalue weighted by Crippen LogP contribution is 2.40. The van der Waals surface area contributed by atoms with E-state index in [0.29, 0.717) is 6.54 Å². The molecule has 0 fully saturated rings. The molecule has 3 rings (SSSR count). The Morgan fingerprint density at radius 1 is 1.30 bits per heavy atom. The van der Waals surface area contributed by atoms with Crippen LogP contribution in [0.5, 0.6) is 11.5 Å². The molecule has 20 heavy (non-hydrogen) atoms. The number of nitrogens with one attached hydrogen (secondary N) is 1. The molecule has 0 saturated heterocycles. The number of hydrogen-bond donors (Lipinski definition) is 1. The van der Waals surface area contributed by atoms with E-state index in [-0.39, 0.29) is 5.69 Å². The minimum absolute atomic E-state index is 0.0413. The van der Waals surface area contributed by atoms with Gasteiger partial charge in [-0.25, -0.2) is 4.79 Å². The van der Waals surface area contributed by atoms with Crippen LogP contribution in [0.2, 0.25) is 0 Å². The van der Waals surface area contributed by atoms with Crippen molar-refractivity contribution in [3.63, 3.8) is 0 Å². The van der Waals surface area contributed by atoms with E-state index in [1.54, 1.807) is 18.8 Å². The van der Waals surface area contributed by atoms with Crippen molar-refractivity contribution < 1.29 is 9.47 Å². The summed E-state index contributed by atoms with van der Waals surface area (Å²) < 4.78 is 12.6. The molecule has 0 bridgehead atoms. The number of imidazole rings is 1. The summed E-state index contributed by atoms with van der Waals surface area (Å²) in [7, 11) is 3.29. The van der Waals surface area contributed by atoms with E-state index in [1.807, 2.05) is 19.1 Å². The monoisotopic (exact) mass is 274 g/mol. The van der Waals surface area contributed by atoms with Gasteiger partial charge in [0.15, 0.2) is 0 Å². The predicted octanol–water partition coefficient (Wildman–Crippen LogP) is 1.98. The SMILES string of the molecule is CCc1[nH]c(=O)n2c1-c1c(cc(OC)cc1OC)CC2. The zero-order valence-corrected chi connectivity index (χ0v) is 11.9.